The van der Waals surface area contributed by atoms with E-state index >= 15 is 0 Å². The maximum Gasteiger partial charge on any atom is 0.390 e. The summed E-state index contributed by atoms with van der Waals surface area (Å²) in [7, 11) is 3.10. The third kappa shape index (κ3) is 3.85. The van der Waals surface area contributed by atoms with Crippen LogP contribution in [0, 0.1) is 11.8 Å². The van der Waals surface area contributed by atoms with Crippen LogP contribution in [-0.4, -0.2) is 64.8 Å². The van der Waals surface area contributed by atoms with E-state index in [1.54, 1.807) is 49.9 Å². The Labute approximate surface area is 167 Å². The van der Waals surface area contributed by atoms with Crippen molar-refractivity contribution >= 4 is 12.0 Å². The van der Waals surface area contributed by atoms with Gasteiger partial charge in [0.15, 0.2) is 0 Å². The first kappa shape index (κ1) is 21.6. The lowest BCUT2D eigenvalue weighted by atomic mass is 9.88. The van der Waals surface area contributed by atoms with Gasteiger partial charge < -0.3 is 14.6 Å². The summed E-state index contributed by atoms with van der Waals surface area (Å²) in [6, 6.07) is 2.04. The summed E-state index contributed by atoms with van der Waals surface area (Å²) in [6.45, 7) is 1.37. The number of amides is 1. The Kier molecular flexibility index (Phi) is 5.91. The fourth-order valence-corrected chi connectivity index (χ4v) is 4.69. The molecule has 1 aromatic rings. The maximum atomic E-state index is 13.0. The molecule has 160 valence electrons. The largest absolute Gasteiger partial charge is 0.396 e. The molecule has 0 bridgehead atoms. The van der Waals surface area contributed by atoms with Crippen molar-refractivity contribution in [3.8, 4) is 0 Å². The molecule has 1 amide bonds. The molecule has 3 rings (SSSR count). The van der Waals surface area contributed by atoms with Gasteiger partial charge in [-0.3, -0.25) is 14.5 Å². The van der Waals surface area contributed by atoms with Crippen LogP contribution < -0.4 is 5.56 Å². The SMILES string of the molecule is C/C=C/c1ccc2n(c1=O)C[C@@H]1[C@@H](CO)[C@H](C(=O)N(C)C)N(CCC(F)(F)F)[C@H]21. The molecule has 0 spiro atoms. The Balaban J connectivity index is 2.07. The monoisotopic (exact) mass is 413 g/mol. The fraction of sp³-hybridized carbons (Fsp3) is 0.600. The molecule has 1 N–H and O–H groups in total. The van der Waals surface area contributed by atoms with Crippen LogP contribution in [0.3, 0.4) is 0 Å². The molecule has 2 aliphatic heterocycles. The zero-order valence-electron chi connectivity index (χ0n) is 16.7. The lowest BCUT2D eigenvalue weighted by molar-refractivity contribution is -0.146. The molecule has 0 saturated carbocycles. The number of likely N-dealkylation sites (tertiary alicyclic amines) is 1. The number of rotatable bonds is 5. The van der Waals surface area contributed by atoms with E-state index in [0.29, 0.717) is 11.3 Å². The number of carbonyl (C=O) groups excluding carboxylic acids is 1. The van der Waals surface area contributed by atoms with Gasteiger partial charge in [0.2, 0.25) is 5.91 Å². The summed E-state index contributed by atoms with van der Waals surface area (Å²) < 4.78 is 40.5. The van der Waals surface area contributed by atoms with Crippen molar-refractivity contribution in [1.82, 2.24) is 14.4 Å². The van der Waals surface area contributed by atoms with Crippen molar-refractivity contribution in [1.29, 1.82) is 0 Å². The highest BCUT2D eigenvalue weighted by atomic mass is 19.4. The number of hydrogen-bond donors (Lipinski definition) is 1. The number of nitrogens with zero attached hydrogens (tertiary/aromatic N) is 3. The van der Waals surface area contributed by atoms with Gasteiger partial charge in [0.1, 0.15) is 0 Å². The summed E-state index contributed by atoms with van der Waals surface area (Å²) in [5.41, 5.74) is 0.889. The van der Waals surface area contributed by atoms with Crippen LogP contribution >= 0.6 is 0 Å². The Bertz CT molecular complexity index is 863. The topological polar surface area (TPSA) is 65.8 Å². The van der Waals surface area contributed by atoms with Gasteiger partial charge >= 0.3 is 6.18 Å². The molecule has 0 aliphatic carbocycles. The zero-order valence-corrected chi connectivity index (χ0v) is 16.7. The van der Waals surface area contributed by atoms with Gasteiger partial charge in [0.25, 0.3) is 5.56 Å². The first-order valence-corrected chi connectivity index (χ1v) is 9.61. The Morgan fingerprint density at radius 1 is 1.34 bits per heavy atom. The van der Waals surface area contributed by atoms with Crippen molar-refractivity contribution in [2.24, 2.45) is 11.8 Å². The minimum atomic E-state index is -4.37. The van der Waals surface area contributed by atoms with E-state index in [9.17, 15) is 27.9 Å². The predicted molar refractivity (Wildman–Crippen MR) is 102 cm³/mol. The Morgan fingerprint density at radius 3 is 2.59 bits per heavy atom. The van der Waals surface area contributed by atoms with Gasteiger partial charge in [-0.1, -0.05) is 12.2 Å². The van der Waals surface area contributed by atoms with Crippen LogP contribution in [0.15, 0.2) is 23.0 Å². The molecule has 6 nitrogen and oxygen atoms in total. The molecule has 29 heavy (non-hydrogen) atoms. The third-order valence-corrected chi connectivity index (χ3v) is 5.91. The number of aliphatic hydroxyl groups excluding tert-OH is 1. The third-order valence-electron chi connectivity index (χ3n) is 5.91. The van der Waals surface area contributed by atoms with Crippen molar-refractivity contribution in [2.75, 3.05) is 27.2 Å². The number of pyridine rings is 1. The second-order valence-corrected chi connectivity index (χ2v) is 7.86. The van der Waals surface area contributed by atoms with Gasteiger partial charge in [-0.05, 0) is 19.1 Å². The van der Waals surface area contributed by atoms with Crippen LogP contribution in [0.25, 0.3) is 6.08 Å². The van der Waals surface area contributed by atoms with Gasteiger partial charge in [-0.25, -0.2) is 0 Å². The quantitative estimate of drug-likeness (QED) is 0.801. The standard InChI is InChI=1S/C20H26F3N3O3/c1-4-5-12-6-7-15-16-13(10-26(15)18(12)28)14(11-27)17(19(29)24(2)3)25(16)9-8-20(21,22)23/h4-7,13-14,16-17,27H,8-11H2,1-3H3/b5-4+/t13-,14-,16+,17-/m1/s1. The molecule has 3 heterocycles. The molecule has 1 aromatic heterocycles. The number of likely N-dealkylation sites (N-methyl/N-ethyl adjacent to an activating group) is 1. The number of aliphatic hydroxyl groups is 1. The Morgan fingerprint density at radius 2 is 2.03 bits per heavy atom. The highest BCUT2D eigenvalue weighted by Gasteiger charge is 2.56. The van der Waals surface area contributed by atoms with Crippen LogP contribution in [-0.2, 0) is 11.3 Å². The first-order valence-electron chi connectivity index (χ1n) is 9.61. The summed E-state index contributed by atoms with van der Waals surface area (Å²) in [6.07, 6.45) is -2.00. The minimum Gasteiger partial charge on any atom is -0.396 e. The molecular formula is C20H26F3N3O3. The molecule has 0 unspecified atom stereocenters. The fourth-order valence-electron chi connectivity index (χ4n) is 4.69. The summed E-state index contributed by atoms with van der Waals surface area (Å²) in [5, 5.41) is 10.0. The second kappa shape index (κ2) is 7.95. The van der Waals surface area contributed by atoms with E-state index in [0.717, 1.165) is 0 Å². The smallest absolute Gasteiger partial charge is 0.390 e. The average Bonchev–Trinajstić information content (AvgIpc) is 3.15. The molecule has 1 fully saturated rings. The van der Waals surface area contributed by atoms with Crippen LogP contribution in [0.1, 0.15) is 30.6 Å². The van der Waals surface area contributed by atoms with E-state index in [1.165, 1.54) is 9.80 Å². The van der Waals surface area contributed by atoms with E-state index in [2.05, 4.69) is 0 Å². The van der Waals surface area contributed by atoms with E-state index in [4.69, 9.17) is 0 Å². The van der Waals surface area contributed by atoms with E-state index in [-0.39, 0.29) is 37.1 Å². The van der Waals surface area contributed by atoms with Gasteiger partial charge in [0, 0.05) is 56.9 Å². The molecule has 1 saturated heterocycles. The summed E-state index contributed by atoms with van der Waals surface area (Å²) in [5.74, 6) is -1.19. The van der Waals surface area contributed by atoms with Crippen molar-refractivity contribution in [3.05, 3.63) is 39.8 Å². The highest BCUT2D eigenvalue weighted by Crippen LogP contribution is 2.49. The van der Waals surface area contributed by atoms with Crippen molar-refractivity contribution in [3.63, 3.8) is 0 Å². The summed E-state index contributed by atoms with van der Waals surface area (Å²) in [4.78, 5) is 28.5. The number of halogens is 3. The molecule has 9 heteroatoms. The predicted octanol–water partition coefficient (Wildman–Crippen LogP) is 1.89. The first-order chi connectivity index (χ1) is 13.6. The maximum absolute atomic E-state index is 13.0. The van der Waals surface area contributed by atoms with Crippen molar-refractivity contribution < 1.29 is 23.1 Å². The average molecular weight is 413 g/mol. The molecular weight excluding hydrogens is 387 g/mol. The van der Waals surface area contributed by atoms with Crippen LogP contribution in [0.5, 0.6) is 0 Å². The van der Waals surface area contributed by atoms with Crippen molar-refractivity contribution in [2.45, 2.75) is 38.1 Å². The normalized spacial score (nSPS) is 26.7. The lowest BCUT2D eigenvalue weighted by Crippen LogP contribution is -2.48. The van der Waals surface area contributed by atoms with Gasteiger partial charge in [-0.2, -0.15) is 13.2 Å². The van der Waals surface area contributed by atoms with Crippen LogP contribution in [0.2, 0.25) is 0 Å². The molecule has 2 aliphatic rings. The Hall–Kier alpha value is -2.13. The van der Waals surface area contributed by atoms with E-state index < -0.39 is 30.6 Å². The van der Waals surface area contributed by atoms with Gasteiger partial charge in [0.05, 0.1) is 18.5 Å². The number of fused-ring (bicyclic) bond motifs is 3. The van der Waals surface area contributed by atoms with E-state index in [1.807, 2.05) is 0 Å². The second-order valence-electron chi connectivity index (χ2n) is 7.86. The summed E-state index contributed by atoms with van der Waals surface area (Å²) >= 11 is 0. The highest BCUT2D eigenvalue weighted by molar-refractivity contribution is 5.82. The minimum absolute atomic E-state index is 0.210. The number of alkyl halides is 3. The zero-order chi connectivity index (χ0) is 21.5. The molecule has 0 aromatic carbocycles. The number of allylic oxidation sites excluding steroid dienone is 1. The molecule has 0 radical (unpaired) electrons. The number of aromatic nitrogens is 1. The number of carbonyl (C=O) groups is 1. The van der Waals surface area contributed by atoms with Crippen LogP contribution in [0.4, 0.5) is 13.2 Å². The number of hydrogen-bond acceptors (Lipinski definition) is 4. The lowest BCUT2D eigenvalue weighted by Gasteiger charge is -2.32. The molecule has 4 atom stereocenters. The van der Waals surface area contributed by atoms with Gasteiger partial charge in [-0.15, -0.1) is 0 Å².